The zero-order valence-electron chi connectivity index (χ0n) is 10.0. The quantitative estimate of drug-likeness (QED) is 0.834. The summed E-state index contributed by atoms with van der Waals surface area (Å²) in [6.45, 7) is 1.86. The Morgan fingerprint density at radius 3 is 2.68 bits per heavy atom. The number of benzene rings is 2. The van der Waals surface area contributed by atoms with Crippen molar-refractivity contribution in [1.82, 2.24) is 0 Å². The number of halogens is 3. The smallest absolute Gasteiger partial charge is 0.258 e. The third-order valence-corrected chi connectivity index (χ3v) is 3.86. The molecule has 0 aliphatic rings. The van der Waals surface area contributed by atoms with Gasteiger partial charge >= 0.3 is 0 Å². The molecule has 0 radical (unpaired) electrons. The van der Waals surface area contributed by atoms with Gasteiger partial charge in [-0.3, -0.25) is 4.79 Å². The highest BCUT2D eigenvalue weighted by atomic mass is 79.9. The fourth-order valence-electron chi connectivity index (χ4n) is 1.61. The van der Waals surface area contributed by atoms with Crippen LogP contribution in [0.2, 0.25) is 5.02 Å². The van der Waals surface area contributed by atoms with Crippen LogP contribution >= 0.6 is 27.5 Å². The highest BCUT2D eigenvalue weighted by Crippen LogP contribution is 2.25. The summed E-state index contributed by atoms with van der Waals surface area (Å²) < 4.78 is 14.6. The number of carbonyl (C=O) groups excluding carboxylic acids is 1. The fourth-order valence-corrected chi connectivity index (χ4v) is 2.15. The number of hydrogen-bond acceptors (Lipinski definition) is 1. The zero-order chi connectivity index (χ0) is 14.0. The van der Waals surface area contributed by atoms with E-state index in [0.29, 0.717) is 5.69 Å². The first-order valence-corrected chi connectivity index (χ1v) is 6.68. The molecule has 0 unspecified atom stereocenters. The van der Waals surface area contributed by atoms with Gasteiger partial charge in [0.2, 0.25) is 0 Å². The molecular weight excluding hydrogens is 333 g/mol. The lowest BCUT2D eigenvalue weighted by Crippen LogP contribution is -2.14. The fraction of sp³-hybridized carbons (Fsp3) is 0.0714. The number of carbonyl (C=O) groups is 1. The maximum atomic E-state index is 13.7. The predicted octanol–water partition coefficient (Wildman–Crippen LogP) is 4.80. The third kappa shape index (κ3) is 2.96. The van der Waals surface area contributed by atoms with Crippen molar-refractivity contribution in [2.75, 3.05) is 5.32 Å². The molecule has 19 heavy (non-hydrogen) atoms. The molecule has 0 atom stereocenters. The van der Waals surface area contributed by atoms with Crippen molar-refractivity contribution in [2.24, 2.45) is 0 Å². The minimum atomic E-state index is -0.714. The molecule has 0 heterocycles. The summed E-state index contributed by atoms with van der Waals surface area (Å²) in [5.74, 6) is -1.24. The highest BCUT2D eigenvalue weighted by molar-refractivity contribution is 9.10. The molecule has 2 aromatic rings. The van der Waals surface area contributed by atoms with Gasteiger partial charge in [0.1, 0.15) is 0 Å². The Labute approximate surface area is 123 Å². The van der Waals surface area contributed by atoms with Gasteiger partial charge in [-0.2, -0.15) is 0 Å². The van der Waals surface area contributed by atoms with Gasteiger partial charge in [-0.15, -0.1) is 0 Å². The zero-order valence-corrected chi connectivity index (χ0v) is 12.3. The van der Waals surface area contributed by atoms with Crippen LogP contribution in [-0.2, 0) is 0 Å². The summed E-state index contributed by atoms with van der Waals surface area (Å²) in [4.78, 5) is 12.0. The van der Waals surface area contributed by atoms with Gasteiger partial charge in [-0.1, -0.05) is 39.7 Å². The van der Waals surface area contributed by atoms with E-state index in [-0.39, 0.29) is 10.6 Å². The van der Waals surface area contributed by atoms with E-state index in [4.69, 9.17) is 11.6 Å². The van der Waals surface area contributed by atoms with E-state index in [1.54, 1.807) is 12.1 Å². The number of amides is 1. The average Bonchev–Trinajstić information content (AvgIpc) is 2.38. The third-order valence-electron chi connectivity index (χ3n) is 2.71. The molecule has 2 nitrogen and oxygen atoms in total. The molecule has 2 rings (SSSR count). The maximum Gasteiger partial charge on any atom is 0.258 e. The average molecular weight is 343 g/mol. The summed E-state index contributed by atoms with van der Waals surface area (Å²) >= 11 is 9.03. The van der Waals surface area contributed by atoms with Gasteiger partial charge in [0.15, 0.2) is 5.82 Å². The number of rotatable bonds is 2. The first-order valence-electron chi connectivity index (χ1n) is 5.51. The van der Waals surface area contributed by atoms with Crippen molar-refractivity contribution >= 4 is 39.1 Å². The Morgan fingerprint density at radius 1 is 1.26 bits per heavy atom. The van der Waals surface area contributed by atoms with Crippen molar-refractivity contribution in [2.45, 2.75) is 6.92 Å². The second-order valence-corrected chi connectivity index (χ2v) is 5.23. The molecule has 0 spiro atoms. The number of nitrogens with one attached hydrogen (secondary N) is 1. The van der Waals surface area contributed by atoms with Crippen molar-refractivity contribution in [1.29, 1.82) is 0 Å². The molecule has 1 amide bonds. The van der Waals surface area contributed by atoms with Crippen LogP contribution in [0.15, 0.2) is 40.9 Å². The topological polar surface area (TPSA) is 29.1 Å². The molecule has 0 aliphatic heterocycles. The Bertz CT molecular complexity index is 645. The van der Waals surface area contributed by atoms with Crippen molar-refractivity contribution in [3.05, 3.63) is 62.8 Å². The van der Waals surface area contributed by atoms with E-state index >= 15 is 0 Å². The molecule has 0 saturated carbocycles. The number of anilines is 1. The summed E-state index contributed by atoms with van der Waals surface area (Å²) in [5, 5.41) is 2.60. The van der Waals surface area contributed by atoms with Crippen LogP contribution in [0, 0.1) is 12.7 Å². The molecular formula is C14H10BrClFNO. The molecule has 0 bridgehead atoms. The van der Waals surface area contributed by atoms with Crippen molar-refractivity contribution in [3.8, 4) is 0 Å². The van der Waals surface area contributed by atoms with E-state index in [9.17, 15) is 9.18 Å². The largest absolute Gasteiger partial charge is 0.322 e. The molecule has 5 heteroatoms. The monoisotopic (exact) mass is 341 g/mol. The molecule has 0 fully saturated rings. The Morgan fingerprint density at radius 2 is 1.95 bits per heavy atom. The SMILES string of the molecule is Cc1c(Br)cccc1NC(=O)c1cccc(Cl)c1F. The molecule has 98 valence electrons. The van der Waals surface area contributed by atoms with Gasteiger partial charge in [-0.25, -0.2) is 4.39 Å². The predicted molar refractivity (Wildman–Crippen MR) is 78.2 cm³/mol. The second-order valence-electron chi connectivity index (χ2n) is 3.97. The van der Waals surface area contributed by atoms with E-state index < -0.39 is 11.7 Å². The normalized spacial score (nSPS) is 10.3. The molecule has 0 aliphatic carbocycles. The van der Waals surface area contributed by atoms with E-state index in [1.807, 2.05) is 13.0 Å². The van der Waals surface area contributed by atoms with E-state index in [2.05, 4.69) is 21.2 Å². The van der Waals surface area contributed by atoms with Crippen molar-refractivity contribution in [3.63, 3.8) is 0 Å². The van der Waals surface area contributed by atoms with Crippen LogP contribution in [0.4, 0.5) is 10.1 Å². The Kier molecular flexibility index (Phi) is 4.22. The second kappa shape index (κ2) is 5.72. The first-order chi connectivity index (χ1) is 9.00. The van der Waals surface area contributed by atoms with Crippen LogP contribution < -0.4 is 5.32 Å². The van der Waals surface area contributed by atoms with E-state index in [0.717, 1.165) is 10.0 Å². The number of hydrogen-bond donors (Lipinski definition) is 1. The lowest BCUT2D eigenvalue weighted by atomic mass is 10.1. The van der Waals surface area contributed by atoms with Crippen LogP contribution in [0.5, 0.6) is 0 Å². The summed E-state index contributed by atoms with van der Waals surface area (Å²) in [7, 11) is 0. The molecule has 0 saturated heterocycles. The van der Waals surface area contributed by atoms with Crippen LogP contribution in [0.3, 0.4) is 0 Å². The standard InChI is InChI=1S/C14H10BrClFNO/c1-8-10(15)5-3-7-12(8)18-14(19)9-4-2-6-11(16)13(9)17/h2-7H,1H3,(H,18,19). The lowest BCUT2D eigenvalue weighted by Gasteiger charge is -2.10. The summed E-state index contributed by atoms with van der Waals surface area (Å²) in [5.41, 5.74) is 1.42. The van der Waals surface area contributed by atoms with Crippen LogP contribution in [0.1, 0.15) is 15.9 Å². The lowest BCUT2D eigenvalue weighted by molar-refractivity contribution is 0.102. The van der Waals surface area contributed by atoms with Crippen LogP contribution in [0.25, 0.3) is 0 Å². The minimum Gasteiger partial charge on any atom is -0.322 e. The van der Waals surface area contributed by atoms with Gasteiger partial charge < -0.3 is 5.32 Å². The van der Waals surface area contributed by atoms with Gasteiger partial charge in [0.05, 0.1) is 10.6 Å². The Hall–Kier alpha value is -1.39. The molecule has 1 N–H and O–H groups in total. The summed E-state index contributed by atoms with van der Waals surface area (Å²) in [6, 6.07) is 9.74. The van der Waals surface area contributed by atoms with E-state index in [1.165, 1.54) is 18.2 Å². The van der Waals surface area contributed by atoms with Crippen LogP contribution in [-0.4, -0.2) is 5.91 Å². The van der Waals surface area contributed by atoms with Crippen molar-refractivity contribution < 1.29 is 9.18 Å². The van der Waals surface area contributed by atoms with Gasteiger partial charge in [-0.05, 0) is 36.8 Å². The summed E-state index contributed by atoms with van der Waals surface area (Å²) in [6.07, 6.45) is 0. The molecule has 2 aromatic carbocycles. The highest BCUT2D eigenvalue weighted by Gasteiger charge is 2.15. The Balaban J connectivity index is 2.31. The first kappa shape index (κ1) is 14.0. The van der Waals surface area contributed by atoms with Gasteiger partial charge in [0.25, 0.3) is 5.91 Å². The van der Waals surface area contributed by atoms with Gasteiger partial charge in [0, 0.05) is 10.2 Å². The maximum absolute atomic E-state index is 13.7. The minimum absolute atomic E-state index is 0.0707. The molecule has 0 aromatic heterocycles.